The maximum absolute atomic E-state index is 11.0. The fourth-order valence-electron chi connectivity index (χ4n) is 2.29. The molecule has 2 aromatic heterocycles. The number of fused-ring (bicyclic) bond motifs is 3. The van der Waals surface area contributed by atoms with E-state index in [0.29, 0.717) is 5.56 Å². The molecular formula is C13H12N2O2. The number of carboxylic acids is 1. The molecule has 0 bridgehead atoms. The minimum Gasteiger partial charge on any atom is -0.478 e. The molecule has 0 fully saturated rings. The van der Waals surface area contributed by atoms with Gasteiger partial charge in [-0.05, 0) is 36.8 Å². The normalized spacial score (nSPS) is 11.4. The van der Waals surface area contributed by atoms with E-state index < -0.39 is 5.97 Å². The van der Waals surface area contributed by atoms with E-state index in [9.17, 15) is 4.79 Å². The van der Waals surface area contributed by atoms with Crippen molar-refractivity contribution in [3.63, 3.8) is 0 Å². The summed E-state index contributed by atoms with van der Waals surface area (Å²) in [5, 5.41) is 9.01. The Kier molecular flexibility index (Phi) is 1.84. The van der Waals surface area contributed by atoms with E-state index in [2.05, 4.69) is 10.6 Å². The summed E-state index contributed by atoms with van der Waals surface area (Å²) in [7, 11) is 1.98. The lowest BCUT2D eigenvalue weighted by molar-refractivity contribution is 0.0697. The van der Waals surface area contributed by atoms with E-state index in [1.54, 1.807) is 12.1 Å². The van der Waals surface area contributed by atoms with Crippen molar-refractivity contribution in [1.29, 1.82) is 0 Å². The molecule has 0 amide bonds. The lowest BCUT2D eigenvalue weighted by atomic mass is 10.2. The zero-order chi connectivity index (χ0) is 12.2. The highest BCUT2D eigenvalue weighted by Gasteiger charge is 2.11. The molecule has 0 unspecified atom stereocenters. The lowest BCUT2D eigenvalue weighted by Gasteiger charge is -1.97. The summed E-state index contributed by atoms with van der Waals surface area (Å²) >= 11 is 0. The first kappa shape index (κ1) is 9.96. The van der Waals surface area contributed by atoms with E-state index in [4.69, 9.17) is 5.11 Å². The molecule has 0 saturated heterocycles. The molecule has 0 spiro atoms. The van der Waals surface area contributed by atoms with Crippen molar-refractivity contribution >= 4 is 22.6 Å². The summed E-state index contributed by atoms with van der Waals surface area (Å²) in [6, 6.07) is 7.28. The van der Waals surface area contributed by atoms with Crippen LogP contribution in [-0.2, 0) is 7.05 Å². The molecule has 0 radical (unpaired) electrons. The van der Waals surface area contributed by atoms with Crippen molar-refractivity contribution in [1.82, 2.24) is 8.97 Å². The third-order valence-electron chi connectivity index (χ3n) is 3.12. The van der Waals surface area contributed by atoms with E-state index >= 15 is 0 Å². The second-order valence-electron chi connectivity index (χ2n) is 4.31. The van der Waals surface area contributed by atoms with Gasteiger partial charge in [0.25, 0.3) is 0 Å². The number of rotatable bonds is 1. The van der Waals surface area contributed by atoms with Crippen LogP contribution in [0.25, 0.3) is 16.7 Å². The molecule has 3 rings (SSSR count). The van der Waals surface area contributed by atoms with Gasteiger partial charge in [-0.1, -0.05) is 0 Å². The first-order chi connectivity index (χ1) is 8.08. The Morgan fingerprint density at radius 1 is 1.24 bits per heavy atom. The van der Waals surface area contributed by atoms with Crippen LogP contribution in [0.5, 0.6) is 0 Å². The zero-order valence-corrected chi connectivity index (χ0v) is 9.64. The molecule has 86 valence electrons. The van der Waals surface area contributed by atoms with Crippen LogP contribution in [0.15, 0.2) is 30.5 Å². The van der Waals surface area contributed by atoms with Gasteiger partial charge in [0.15, 0.2) is 0 Å². The van der Waals surface area contributed by atoms with Crippen LogP contribution in [0.2, 0.25) is 0 Å². The van der Waals surface area contributed by atoms with Gasteiger partial charge >= 0.3 is 5.97 Å². The molecule has 1 aromatic carbocycles. The fourth-order valence-corrected chi connectivity index (χ4v) is 2.29. The molecule has 2 heterocycles. The number of benzene rings is 1. The van der Waals surface area contributed by atoms with Gasteiger partial charge in [0.2, 0.25) is 0 Å². The molecule has 4 heteroatoms. The van der Waals surface area contributed by atoms with Gasteiger partial charge < -0.3 is 14.1 Å². The molecule has 0 saturated carbocycles. The molecule has 0 aliphatic carbocycles. The molecule has 3 aromatic rings. The Balaban J connectivity index is 2.48. The SMILES string of the molecule is Cc1cc2n(C)c3ccc(C(=O)O)cc3n2c1. The molecule has 1 N–H and O–H groups in total. The van der Waals surface area contributed by atoms with E-state index in [-0.39, 0.29) is 0 Å². The maximum Gasteiger partial charge on any atom is 0.335 e. The Morgan fingerprint density at radius 2 is 2.00 bits per heavy atom. The van der Waals surface area contributed by atoms with Gasteiger partial charge in [-0.15, -0.1) is 0 Å². The second kappa shape index (κ2) is 3.13. The Bertz CT molecular complexity index is 750. The lowest BCUT2D eigenvalue weighted by Crippen LogP contribution is -1.96. The first-order valence-electron chi connectivity index (χ1n) is 5.38. The number of nitrogens with zero attached hydrogens (tertiary/aromatic N) is 2. The van der Waals surface area contributed by atoms with Gasteiger partial charge in [-0.25, -0.2) is 4.79 Å². The minimum atomic E-state index is -0.896. The van der Waals surface area contributed by atoms with E-state index in [1.807, 2.05) is 30.6 Å². The van der Waals surface area contributed by atoms with E-state index in [0.717, 1.165) is 16.7 Å². The van der Waals surface area contributed by atoms with Crippen molar-refractivity contribution in [3.05, 3.63) is 41.6 Å². The van der Waals surface area contributed by atoms with Gasteiger partial charge in [0, 0.05) is 13.2 Å². The number of hydrogen-bond donors (Lipinski definition) is 1. The predicted molar refractivity (Wildman–Crippen MR) is 65.6 cm³/mol. The monoisotopic (exact) mass is 228 g/mol. The number of aromatic nitrogens is 2. The Morgan fingerprint density at radius 3 is 2.71 bits per heavy atom. The van der Waals surface area contributed by atoms with Crippen molar-refractivity contribution in [2.45, 2.75) is 6.92 Å². The summed E-state index contributed by atoms with van der Waals surface area (Å²) in [5.74, 6) is -0.896. The van der Waals surface area contributed by atoms with Crippen molar-refractivity contribution in [3.8, 4) is 0 Å². The maximum atomic E-state index is 11.0. The number of aryl methyl sites for hydroxylation is 2. The van der Waals surface area contributed by atoms with Crippen molar-refractivity contribution in [2.24, 2.45) is 7.05 Å². The highest BCUT2D eigenvalue weighted by Crippen LogP contribution is 2.23. The van der Waals surface area contributed by atoms with Crippen LogP contribution in [0.1, 0.15) is 15.9 Å². The van der Waals surface area contributed by atoms with E-state index in [1.165, 1.54) is 5.56 Å². The zero-order valence-electron chi connectivity index (χ0n) is 9.64. The van der Waals surface area contributed by atoms with Crippen LogP contribution < -0.4 is 0 Å². The number of carbonyl (C=O) groups is 1. The molecule has 17 heavy (non-hydrogen) atoms. The summed E-state index contributed by atoms with van der Waals surface area (Å²) in [6.45, 7) is 2.03. The largest absolute Gasteiger partial charge is 0.478 e. The molecule has 0 atom stereocenters. The average molecular weight is 228 g/mol. The molecule has 0 aliphatic heterocycles. The smallest absolute Gasteiger partial charge is 0.335 e. The fraction of sp³-hybridized carbons (Fsp3) is 0.154. The predicted octanol–water partition coefficient (Wildman–Crippen LogP) is 2.44. The number of hydrogen-bond acceptors (Lipinski definition) is 1. The van der Waals surface area contributed by atoms with Gasteiger partial charge in [-0.3, -0.25) is 0 Å². The number of aromatic carboxylic acids is 1. The van der Waals surface area contributed by atoms with Crippen molar-refractivity contribution < 1.29 is 9.90 Å². The first-order valence-corrected chi connectivity index (χ1v) is 5.38. The van der Waals surface area contributed by atoms with Gasteiger partial charge in [0.05, 0.1) is 16.6 Å². The summed E-state index contributed by atoms with van der Waals surface area (Å²) in [6.07, 6.45) is 2.02. The van der Waals surface area contributed by atoms with Crippen LogP contribution in [0, 0.1) is 6.92 Å². The van der Waals surface area contributed by atoms with Crippen LogP contribution >= 0.6 is 0 Å². The number of carboxylic acid groups (broad SMARTS) is 1. The van der Waals surface area contributed by atoms with Crippen LogP contribution in [-0.4, -0.2) is 20.0 Å². The van der Waals surface area contributed by atoms with Gasteiger partial charge in [-0.2, -0.15) is 0 Å². The third-order valence-corrected chi connectivity index (χ3v) is 3.12. The third kappa shape index (κ3) is 1.27. The Labute approximate surface area is 97.7 Å². The highest BCUT2D eigenvalue weighted by atomic mass is 16.4. The average Bonchev–Trinajstić information content (AvgIpc) is 2.78. The summed E-state index contributed by atoms with van der Waals surface area (Å²) < 4.78 is 4.09. The highest BCUT2D eigenvalue weighted by molar-refractivity contribution is 5.93. The topological polar surface area (TPSA) is 46.6 Å². The second-order valence-corrected chi connectivity index (χ2v) is 4.31. The molecular weight excluding hydrogens is 216 g/mol. The molecule has 0 aliphatic rings. The standard InChI is InChI=1S/C13H12N2O2/c1-8-5-12-14(2)10-4-3-9(13(16)17)6-11(10)15(12)7-8/h3-7H,1-2H3,(H,16,17). The summed E-state index contributed by atoms with van der Waals surface area (Å²) in [4.78, 5) is 11.0. The minimum absolute atomic E-state index is 0.316. The molecule has 4 nitrogen and oxygen atoms in total. The number of imidazole rings is 1. The van der Waals surface area contributed by atoms with Gasteiger partial charge in [0.1, 0.15) is 5.65 Å². The van der Waals surface area contributed by atoms with Crippen molar-refractivity contribution in [2.75, 3.05) is 0 Å². The Hall–Kier alpha value is -2.23. The van der Waals surface area contributed by atoms with Crippen LogP contribution in [0.4, 0.5) is 0 Å². The summed E-state index contributed by atoms with van der Waals surface area (Å²) in [5.41, 5.74) is 4.51. The quantitative estimate of drug-likeness (QED) is 0.695. The van der Waals surface area contributed by atoms with Crippen LogP contribution in [0.3, 0.4) is 0 Å².